The van der Waals surface area contributed by atoms with E-state index in [1.807, 2.05) is 0 Å². The minimum Gasteiger partial charge on any atom is -0.376 e. The van der Waals surface area contributed by atoms with Gasteiger partial charge in [0.05, 0.1) is 6.10 Å². The van der Waals surface area contributed by atoms with Gasteiger partial charge < -0.3 is 24.8 Å². The third kappa shape index (κ3) is 6.33. The van der Waals surface area contributed by atoms with Crippen LogP contribution in [-0.2, 0) is 11.2 Å². The van der Waals surface area contributed by atoms with Crippen LogP contribution in [0.2, 0.25) is 5.02 Å². The second-order valence-corrected chi connectivity index (χ2v) is 8.48. The third-order valence-electron chi connectivity index (χ3n) is 5.49. The molecular weight excluding hydrogens is 458 g/mol. The lowest BCUT2D eigenvalue weighted by atomic mass is 10.1. The Bertz CT molecular complexity index is 1110. The van der Waals surface area contributed by atoms with Crippen molar-refractivity contribution in [3.05, 3.63) is 64.9 Å². The van der Waals surface area contributed by atoms with Crippen molar-refractivity contribution in [1.82, 2.24) is 20.4 Å². The Kier molecular flexibility index (Phi) is 7.76. The van der Waals surface area contributed by atoms with Crippen molar-refractivity contribution >= 4 is 29.2 Å². The molecule has 3 amide bonds. The third-order valence-corrected chi connectivity index (χ3v) is 5.74. The Morgan fingerprint density at radius 3 is 2.62 bits per heavy atom. The average Bonchev–Trinajstić information content (AvgIpc) is 3.55. The molecule has 1 saturated heterocycles. The number of carbonyl (C=O) groups is 2. The fourth-order valence-corrected chi connectivity index (χ4v) is 3.60. The summed E-state index contributed by atoms with van der Waals surface area (Å²) in [5.74, 6) is 0.697. The van der Waals surface area contributed by atoms with E-state index in [0.29, 0.717) is 53.1 Å². The number of amides is 3. The first-order chi connectivity index (χ1) is 16.5. The number of benzene rings is 2. The van der Waals surface area contributed by atoms with Crippen molar-refractivity contribution in [2.45, 2.75) is 25.4 Å². The smallest absolute Gasteiger partial charge is 0.321 e. The van der Waals surface area contributed by atoms with Gasteiger partial charge in [0, 0.05) is 55.0 Å². The van der Waals surface area contributed by atoms with Crippen LogP contribution < -0.4 is 10.6 Å². The molecule has 2 N–H and O–H groups in total. The van der Waals surface area contributed by atoms with Gasteiger partial charge in [0.2, 0.25) is 0 Å². The maximum atomic E-state index is 12.3. The number of carbonyl (C=O) groups excluding carboxylic acids is 2. The number of ether oxygens (including phenoxy) is 1. The van der Waals surface area contributed by atoms with Crippen LogP contribution in [0.3, 0.4) is 0 Å². The number of aromatic nitrogens is 2. The van der Waals surface area contributed by atoms with E-state index in [2.05, 4.69) is 20.8 Å². The number of nitrogens with one attached hydrogen (secondary N) is 2. The zero-order valence-electron chi connectivity index (χ0n) is 18.8. The highest BCUT2D eigenvalue weighted by atomic mass is 35.5. The monoisotopic (exact) mass is 483 g/mol. The van der Waals surface area contributed by atoms with Crippen LogP contribution in [0.15, 0.2) is 53.1 Å². The topological polar surface area (TPSA) is 110 Å². The van der Waals surface area contributed by atoms with E-state index in [1.54, 1.807) is 55.6 Å². The Balaban J connectivity index is 1.26. The van der Waals surface area contributed by atoms with Crippen molar-refractivity contribution in [1.29, 1.82) is 0 Å². The normalized spacial score (nSPS) is 15.2. The minimum atomic E-state index is -0.251. The number of hydrogen-bond donors (Lipinski definition) is 2. The summed E-state index contributed by atoms with van der Waals surface area (Å²) < 4.78 is 10.9. The summed E-state index contributed by atoms with van der Waals surface area (Å²) >= 11 is 5.86. The van der Waals surface area contributed by atoms with Crippen LogP contribution in [0, 0.1) is 0 Å². The Labute approximate surface area is 202 Å². The van der Waals surface area contributed by atoms with Gasteiger partial charge in [0.1, 0.15) is 0 Å². The van der Waals surface area contributed by atoms with Gasteiger partial charge in [-0.3, -0.25) is 4.79 Å². The van der Waals surface area contributed by atoms with Gasteiger partial charge in [-0.1, -0.05) is 16.8 Å². The first-order valence-corrected chi connectivity index (χ1v) is 11.5. The van der Waals surface area contributed by atoms with Crippen LogP contribution in [0.4, 0.5) is 10.5 Å². The number of anilines is 1. The fraction of sp³-hybridized carbons (Fsp3) is 0.333. The first kappa shape index (κ1) is 23.7. The maximum absolute atomic E-state index is 12.3. The molecule has 1 unspecified atom stereocenters. The quantitative estimate of drug-likeness (QED) is 0.501. The summed E-state index contributed by atoms with van der Waals surface area (Å²) in [5, 5.41) is 10.3. The lowest BCUT2D eigenvalue weighted by Gasteiger charge is -2.17. The van der Waals surface area contributed by atoms with E-state index in [-0.39, 0.29) is 18.0 Å². The van der Waals surface area contributed by atoms with Crippen LogP contribution in [0.25, 0.3) is 11.5 Å². The SMILES string of the molecule is CN(CCc1noc(-c2ccc(C(=O)NCC3CCCO3)cc2)n1)C(=O)Nc1ccc(Cl)cc1. The van der Waals surface area contributed by atoms with Gasteiger partial charge >= 0.3 is 6.03 Å². The van der Waals surface area contributed by atoms with Crippen molar-refractivity contribution < 1.29 is 18.8 Å². The summed E-state index contributed by atoms with van der Waals surface area (Å²) in [6.45, 7) is 1.68. The molecule has 1 atom stereocenters. The van der Waals surface area contributed by atoms with Gasteiger partial charge in [-0.25, -0.2) is 4.79 Å². The van der Waals surface area contributed by atoms with E-state index >= 15 is 0 Å². The molecule has 1 aliphatic rings. The first-order valence-electron chi connectivity index (χ1n) is 11.1. The Morgan fingerprint density at radius 2 is 1.91 bits per heavy atom. The number of nitrogens with zero attached hydrogens (tertiary/aromatic N) is 3. The van der Waals surface area contributed by atoms with Crippen LogP contribution >= 0.6 is 11.6 Å². The van der Waals surface area contributed by atoms with Crippen LogP contribution in [-0.4, -0.2) is 59.8 Å². The van der Waals surface area contributed by atoms with E-state index in [1.165, 1.54) is 4.90 Å². The Hall–Kier alpha value is -3.43. The van der Waals surface area contributed by atoms with E-state index in [0.717, 1.165) is 19.4 Å². The lowest BCUT2D eigenvalue weighted by Crippen LogP contribution is -2.33. The molecule has 178 valence electrons. The van der Waals surface area contributed by atoms with Crippen molar-refractivity contribution in [2.24, 2.45) is 0 Å². The van der Waals surface area contributed by atoms with Crippen LogP contribution in [0.5, 0.6) is 0 Å². The molecule has 0 bridgehead atoms. The summed E-state index contributed by atoms with van der Waals surface area (Å²) in [5.41, 5.74) is 1.92. The second kappa shape index (κ2) is 11.1. The summed E-state index contributed by atoms with van der Waals surface area (Å²) in [4.78, 5) is 30.6. The molecule has 2 aromatic carbocycles. The highest BCUT2D eigenvalue weighted by Crippen LogP contribution is 2.19. The molecule has 1 fully saturated rings. The number of likely N-dealkylation sites (N-methyl/N-ethyl adjacent to an activating group) is 1. The highest BCUT2D eigenvalue weighted by molar-refractivity contribution is 6.30. The van der Waals surface area contributed by atoms with Crippen LogP contribution in [0.1, 0.15) is 29.0 Å². The van der Waals surface area contributed by atoms with Gasteiger partial charge in [-0.15, -0.1) is 0 Å². The highest BCUT2D eigenvalue weighted by Gasteiger charge is 2.17. The lowest BCUT2D eigenvalue weighted by molar-refractivity contribution is 0.0858. The predicted octanol–water partition coefficient (Wildman–Crippen LogP) is 4.01. The van der Waals surface area contributed by atoms with Crippen molar-refractivity contribution in [3.63, 3.8) is 0 Å². The standard InChI is InChI=1S/C24H26ClN5O4/c1-30(24(32)27-19-10-8-18(25)9-11-19)13-12-21-28-23(34-29-21)17-6-4-16(5-7-17)22(31)26-15-20-3-2-14-33-20/h4-11,20H,2-3,12-15H2,1H3,(H,26,31)(H,27,32). The van der Waals surface area contributed by atoms with Gasteiger partial charge in [0.25, 0.3) is 11.8 Å². The maximum Gasteiger partial charge on any atom is 0.321 e. The summed E-state index contributed by atoms with van der Waals surface area (Å²) in [6, 6.07) is 13.6. The van der Waals surface area contributed by atoms with Gasteiger partial charge in [0.15, 0.2) is 5.82 Å². The number of halogens is 1. The molecular formula is C24H26ClN5O4. The van der Waals surface area contributed by atoms with E-state index in [4.69, 9.17) is 20.9 Å². The molecule has 0 aliphatic carbocycles. The molecule has 10 heteroatoms. The molecule has 1 aromatic heterocycles. The molecule has 0 spiro atoms. The summed E-state index contributed by atoms with van der Waals surface area (Å²) in [6.07, 6.45) is 2.54. The number of hydrogen-bond acceptors (Lipinski definition) is 6. The predicted molar refractivity (Wildman–Crippen MR) is 128 cm³/mol. The van der Waals surface area contributed by atoms with Crippen molar-refractivity contribution in [3.8, 4) is 11.5 Å². The second-order valence-electron chi connectivity index (χ2n) is 8.05. The number of urea groups is 1. The zero-order valence-corrected chi connectivity index (χ0v) is 19.5. The molecule has 4 rings (SSSR count). The largest absolute Gasteiger partial charge is 0.376 e. The fourth-order valence-electron chi connectivity index (χ4n) is 3.47. The summed E-state index contributed by atoms with van der Waals surface area (Å²) in [7, 11) is 1.69. The molecule has 0 saturated carbocycles. The van der Waals surface area contributed by atoms with Crippen molar-refractivity contribution in [2.75, 3.05) is 32.1 Å². The molecule has 1 aliphatic heterocycles. The zero-order chi connectivity index (χ0) is 23.9. The molecule has 3 aromatic rings. The van der Waals surface area contributed by atoms with Gasteiger partial charge in [-0.2, -0.15) is 4.98 Å². The molecule has 2 heterocycles. The Morgan fingerprint density at radius 1 is 1.15 bits per heavy atom. The molecule has 9 nitrogen and oxygen atoms in total. The van der Waals surface area contributed by atoms with Gasteiger partial charge in [-0.05, 0) is 61.4 Å². The van der Waals surface area contributed by atoms with E-state index in [9.17, 15) is 9.59 Å². The minimum absolute atomic E-state index is 0.0996. The van der Waals surface area contributed by atoms with E-state index < -0.39 is 0 Å². The average molecular weight is 484 g/mol. The molecule has 0 radical (unpaired) electrons. The number of rotatable bonds is 8. The molecule has 34 heavy (non-hydrogen) atoms.